The van der Waals surface area contributed by atoms with Gasteiger partial charge in [-0.2, -0.15) is 5.26 Å². The second-order valence-corrected chi connectivity index (χ2v) is 10.2. The third kappa shape index (κ3) is 5.42. The van der Waals surface area contributed by atoms with Gasteiger partial charge in [-0.05, 0) is 46.5 Å². The quantitative estimate of drug-likeness (QED) is 0.163. The van der Waals surface area contributed by atoms with Gasteiger partial charge in [0.25, 0.3) is 0 Å². The Kier molecular flexibility index (Phi) is 7.08. The Labute approximate surface area is 203 Å². The number of thioether (sulfide) groups is 1. The Morgan fingerprint density at radius 3 is 2.15 bits per heavy atom. The number of benzene rings is 4. The van der Waals surface area contributed by atoms with Gasteiger partial charge in [0.1, 0.15) is 11.4 Å². The van der Waals surface area contributed by atoms with Crippen LogP contribution < -0.4 is 0 Å². The maximum atomic E-state index is 12.6. The molecule has 0 aliphatic carbocycles. The van der Waals surface area contributed by atoms with E-state index in [1.54, 1.807) is 0 Å². The molecule has 0 saturated carbocycles. The molecule has 0 fully saturated rings. The second-order valence-electron chi connectivity index (χ2n) is 8.06. The van der Waals surface area contributed by atoms with E-state index in [2.05, 4.69) is 36.4 Å². The van der Waals surface area contributed by atoms with E-state index in [4.69, 9.17) is 17.0 Å². The lowest BCUT2D eigenvalue weighted by Gasteiger charge is -2.21. The summed E-state index contributed by atoms with van der Waals surface area (Å²) in [7, 11) is 0. The van der Waals surface area contributed by atoms with Crippen molar-refractivity contribution in [2.24, 2.45) is 0 Å². The number of nitriles is 1. The SMILES string of the molecule is CC(C#N)(CCC(=O)OCc1c2ccccc2cc2ccccc12)SC(=S)c1ccccc1. The van der Waals surface area contributed by atoms with Crippen molar-refractivity contribution in [1.29, 1.82) is 5.26 Å². The zero-order valence-electron chi connectivity index (χ0n) is 18.3. The number of thiocarbonyl (C=S) groups is 1. The number of fused-ring (bicyclic) bond motifs is 2. The number of rotatable bonds is 7. The van der Waals surface area contributed by atoms with Crippen LogP contribution in [0.1, 0.15) is 30.9 Å². The summed E-state index contributed by atoms with van der Waals surface area (Å²) < 4.78 is 5.52. The van der Waals surface area contributed by atoms with E-state index < -0.39 is 4.75 Å². The van der Waals surface area contributed by atoms with Crippen LogP contribution in [-0.2, 0) is 16.1 Å². The number of hydrogen-bond donors (Lipinski definition) is 0. The molecule has 0 radical (unpaired) electrons. The molecule has 4 aromatic rings. The highest BCUT2D eigenvalue weighted by Gasteiger charge is 2.28. The van der Waals surface area contributed by atoms with Crippen LogP contribution in [-0.4, -0.2) is 14.9 Å². The highest BCUT2D eigenvalue weighted by molar-refractivity contribution is 8.24. The predicted octanol–water partition coefficient (Wildman–Crippen LogP) is 7.21. The van der Waals surface area contributed by atoms with Crippen LogP contribution in [0.5, 0.6) is 0 Å². The number of esters is 1. The fraction of sp³-hybridized carbons (Fsp3) is 0.179. The molecule has 1 unspecified atom stereocenters. The lowest BCUT2D eigenvalue weighted by atomic mass is 9.97. The number of carbonyl (C=O) groups is 1. The molecule has 0 amide bonds. The van der Waals surface area contributed by atoms with Gasteiger partial charge in [-0.15, -0.1) is 0 Å². The summed E-state index contributed by atoms with van der Waals surface area (Å²) in [6.07, 6.45) is 0.507. The molecule has 0 spiro atoms. The molecule has 4 rings (SSSR count). The zero-order valence-corrected chi connectivity index (χ0v) is 19.9. The van der Waals surface area contributed by atoms with Crippen LogP contribution in [0.4, 0.5) is 0 Å². The molecule has 1 atom stereocenters. The number of ether oxygens (including phenoxy) is 1. The first-order chi connectivity index (χ1) is 16.0. The summed E-state index contributed by atoms with van der Waals surface area (Å²) in [5.41, 5.74) is 1.91. The second kappa shape index (κ2) is 10.2. The van der Waals surface area contributed by atoms with Crippen LogP contribution in [0.15, 0.2) is 84.9 Å². The molecule has 0 aromatic heterocycles. The van der Waals surface area contributed by atoms with Gasteiger partial charge in [0.05, 0.1) is 10.3 Å². The zero-order chi connectivity index (χ0) is 23.3. The highest BCUT2D eigenvalue weighted by Crippen LogP contribution is 2.33. The minimum absolute atomic E-state index is 0.150. The Morgan fingerprint density at radius 2 is 1.55 bits per heavy atom. The average Bonchev–Trinajstić information content (AvgIpc) is 2.85. The maximum Gasteiger partial charge on any atom is 0.306 e. The molecule has 0 saturated heterocycles. The van der Waals surface area contributed by atoms with E-state index in [1.165, 1.54) is 11.8 Å². The van der Waals surface area contributed by atoms with Crippen molar-refractivity contribution in [3.05, 3.63) is 96.1 Å². The van der Waals surface area contributed by atoms with Crippen molar-refractivity contribution in [2.45, 2.75) is 31.1 Å². The summed E-state index contributed by atoms with van der Waals surface area (Å²) >= 11 is 6.84. The van der Waals surface area contributed by atoms with Gasteiger partial charge in [0, 0.05) is 12.0 Å². The number of carbonyl (C=O) groups excluding carboxylic acids is 1. The lowest BCUT2D eigenvalue weighted by Crippen LogP contribution is -2.22. The van der Waals surface area contributed by atoms with Crippen molar-refractivity contribution in [3.63, 3.8) is 0 Å². The van der Waals surface area contributed by atoms with E-state index in [-0.39, 0.29) is 19.0 Å². The molecule has 5 heteroatoms. The van der Waals surface area contributed by atoms with E-state index in [1.807, 2.05) is 61.5 Å². The predicted molar refractivity (Wildman–Crippen MR) is 140 cm³/mol. The Bertz CT molecular complexity index is 1310. The number of hydrogen-bond acceptors (Lipinski definition) is 5. The summed E-state index contributed by atoms with van der Waals surface area (Å²) in [6, 6.07) is 30.3. The van der Waals surface area contributed by atoms with Crippen molar-refractivity contribution >= 4 is 55.7 Å². The Morgan fingerprint density at radius 1 is 0.970 bits per heavy atom. The largest absolute Gasteiger partial charge is 0.461 e. The summed E-state index contributed by atoms with van der Waals surface area (Å²) in [4.78, 5) is 12.6. The van der Waals surface area contributed by atoms with Crippen molar-refractivity contribution in [1.82, 2.24) is 0 Å². The van der Waals surface area contributed by atoms with Crippen LogP contribution in [0.2, 0.25) is 0 Å². The molecule has 0 aliphatic rings. The smallest absolute Gasteiger partial charge is 0.306 e. The normalized spacial score (nSPS) is 12.7. The highest BCUT2D eigenvalue weighted by atomic mass is 32.2. The van der Waals surface area contributed by atoms with Crippen LogP contribution in [0.25, 0.3) is 21.5 Å². The first kappa shape index (κ1) is 23.0. The molecule has 164 valence electrons. The van der Waals surface area contributed by atoms with Gasteiger partial charge in [0.15, 0.2) is 0 Å². The fourth-order valence-corrected chi connectivity index (χ4v) is 5.40. The van der Waals surface area contributed by atoms with Crippen molar-refractivity contribution in [3.8, 4) is 6.07 Å². The standard InChI is InChI=1S/C28H23NO2S2/c1-28(19-29,33-27(32)20-9-3-2-4-10-20)16-15-26(30)31-18-25-23-13-7-5-11-21(23)17-22-12-6-8-14-24(22)25/h2-14,17H,15-16,18H2,1H3. The first-order valence-corrected chi connectivity index (χ1v) is 12.0. The molecule has 0 N–H and O–H groups in total. The average molecular weight is 470 g/mol. The molecule has 4 aromatic carbocycles. The van der Waals surface area contributed by atoms with Crippen LogP contribution >= 0.6 is 24.0 Å². The summed E-state index contributed by atoms with van der Waals surface area (Å²) in [6.45, 7) is 2.01. The first-order valence-electron chi connectivity index (χ1n) is 10.7. The van der Waals surface area contributed by atoms with Gasteiger partial charge in [-0.1, -0.05) is 103 Å². The third-order valence-electron chi connectivity index (χ3n) is 5.63. The number of nitrogens with zero attached hydrogens (tertiary/aromatic N) is 1. The molecule has 3 nitrogen and oxygen atoms in total. The molecular formula is C28H23NO2S2. The third-order valence-corrected chi connectivity index (χ3v) is 7.28. The molecule has 0 aliphatic heterocycles. The van der Waals surface area contributed by atoms with Gasteiger partial charge >= 0.3 is 5.97 Å². The van der Waals surface area contributed by atoms with Gasteiger partial charge in [-0.25, -0.2) is 0 Å². The van der Waals surface area contributed by atoms with Crippen molar-refractivity contribution < 1.29 is 9.53 Å². The van der Waals surface area contributed by atoms with Crippen molar-refractivity contribution in [2.75, 3.05) is 0 Å². The molecule has 33 heavy (non-hydrogen) atoms. The van der Waals surface area contributed by atoms with E-state index >= 15 is 0 Å². The molecule has 0 bridgehead atoms. The topological polar surface area (TPSA) is 50.1 Å². The van der Waals surface area contributed by atoms with E-state index in [9.17, 15) is 10.1 Å². The Balaban J connectivity index is 1.43. The van der Waals surface area contributed by atoms with Crippen LogP contribution in [0.3, 0.4) is 0 Å². The van der Waals surface area contributed by atoms with Gasteiger partial charge in [-0.3, -0.25) is 4.79 Å². The Hall–Kier alpha value is -3.20. The lowest BCUT2D eigenvalue weighted by molar-refractivity contribution is -0.145. The van der Waals surface area contributed by atoms with Gasteiger partial charge in [0.2, 0.25) is 0 Å². The molecular weight excluding hydrogens is 446 g/mol. The summed E-state index contributed by atoms with van der Waals surface area (Å²) in [5, 5.41) is 14.1. The minimum Gasteiger partial charge on any atom is -0.461 e. The van der Waals surface area contributed by atoms with Gasteiger partial charge < -0.3 is 4.74 Å². The van der Waals surface area contributed by atoms with Crippen LogP contribution in [0, 0.1) is 11.3 Å². The monoisotopic (exact) mass is 469 g/mol. The van der Waals surface area contributed by atoms with E-state index in [0.717, 1.165) is 32.7 Å². The minimum atomic E-state index is -0.807. The maximum absolute atomic E-state index is 12.6. The summed E-state index contributed by atoms with van der Waals surface area (Å²) in [5.74, 6) is -0.320. The molecule has 0 heterocycles. The fourth-order valence-electron chi connectivity index (χ4n) is 3.80. The van der Waals surface area contributed by atoms with E-state index in [0.29, 0.717) is 10.6 Å².